The number of aromatic amines is 1. The average Bonchev–Trinajstić information content (AvgIpc) is 2.85. The molecular weight excluding hydrogens is 311 g/mol. The van der Waals surface area contributed by atoms with Crippen molar-refractivity contribution in [2.45, 2.75) is 6.54 Å². The summed E-state index contributed by atoms with van der Waals surface area (Å²) in [6.07, 6.45) is 1.69. The van der Waals surface area contributed by atoms with Gasteiger partial charge in [0.2, 0.25) is 0 Å². The molecule has 7 heteroatoms. The van der Waals surface area contributed by atoms with Crippen LogP contribution < -0.4 is 0 Å². The molecule has 2 heterocycles. The molecule has 0 fully saturated rings. The van der Waals surface area contributed by atoms with Crippen molar-refractivity contribution in [3.8, 4) is 11.5 Å². The molecule has 0 aliphatic carbocycles. The molecule has 3 aromatic rings. The SMILES string of the molecule is Fc1ccc(Cn2c(-c3ccccn3)n[nH]c2=S)cc1Cl. The molecule has 21 heavy (non-hydrogen) atoms. The molecule has 2 aromatic heterocycles. The fraction of sp³-hybridized carbons (Fsp3) is 0.0714. The van der Waals surface area contributed by atoms with Gasteiger partial charge < -0.3 is 0 Å². The maximum absolute atomic E-state index is 13.2. The summed E-state index contributed by atoms with van der Waals surface area (Å²) in [5, 5.41) is 7.03. The Balaban J connectivity index is 2.01. The Bertz CT molecular complexity index is 828. The number of hydrogen-bond acceptors (Lipinski definition) is 3. The van der Waals surface area contributed by atoms with Crippen molar-refractivity contribution in [3.05, 3.63) is 63.8 Å². The van der Waals surface area contributed by atoms with Crippen LogP contribution in [0.5, 0.6) is 0 Å². The maximum Gasteiger partial charge on any atom is 0.195 e. The monoisotopic (exact) mass is 320 g/mol. The van der Waals surface area contributed by atoms with Crippen LogP contribution >= 0.6 is 23.8 Å². The van der Waals surface area contributed by atoms with Gasteiger partial charge in [-0.05, 0) is 42.0 Å². The molecule has 106 valence electrons. The molecule has 0 aliphatic rings. The zero-order chi connectivity index (χ0) is 14.8. The number of H-pyrrole nitrogens is 1. The molecular formula is C14H10ClFN4S. The Hall–Kier alpha value is -2.05. The predicted molar refractivity (Wildman–Crippen MR) is 81.2 cm³/mol. The zero-order valence-electron chi connectivity index (χ0n) is 10.8. The van der Waals surface area contributed by atoms with E-state index in [9.17, 15) is 4.39 Å². The van der Waals surface area contributed by atoms with Crippen LogP contribution in [0, 0.1) is 10.6 Å². The standard InChI is InChI=1S/C14H10ClFN4S/c15-10-7-9(4-5-11(10)16)8-20-13(18-19-14(20)21)12-3-1-2-6-17-12/h1-7H,8H2,(H,19,21). The molecule has 0 bridgehead atoms. The van der Waals surface area contributed by atoms with Crippen molar-refractivity contribution >= 4 is 23.8 Å². The van der Waals surface area contributed by atoms with Gasteiger partial charge in [0, 0.05) is 6.20 Å². The van der Waals surface area contributed by atoms with Crippen molar-refractivity contribution in [3.63, 3.8) is 0 Å². The third-order valence-electron chi connectivity index (χ3n) is 2.98. The number of aromatic nitrogens is 4. The zero-order valence-corrected chi connectivity index (χ0v) is 12.3. The largest absolute Gasteiger partial charge is 0.294 e. The molecule has 3 rings (SSSR count). The van der Waals surface area contributed by atoms with Crippen LogP contribution in [0.25, 0.3) is 11.5 Å². The van der Waals surface area contributed by atoms with Gasteiger partial charge in [-0.25, -0.2) is 4.39 Å². The highest BCUT2D eigenvalue weighted by atomic mass is 35.5. The van der Waals surface area contributed by atoms with Crippen LogP contribution in [0.2, 0.25) is 5.02 Å². The molecule has 0 radical (unpaired) electrons. The van der Waals surface area contributed by atoms with Crippen molar-refractivity contribution < 1.29 is 4.39 Å². The van der Waals surface area contributed by atoms with Crippen LogP contribution in [0.3, 0.4) is 0 Å². The number of nitrogens with one attached hydrogen (secondary N) is 1. The van der Waals surface area contributed by atoms with Crippen molar-refractivity contribution in [2.24, 2.45) is 0 Å². The van der Waals surface area contributed by atoms with Gasteiger partial charge in [0.1, 0.15) is 11.5 Å². The number of rotatable bonds is 3. The Morgan fingerprint density at radius 2 is 2.14 bits per heavy atom. The van der Waals surface area contributed by atoms with Gasteiger partial charge in [-0.1, -0.05) is 23.7 Å². The lowest BCUT2D eigenvalue weighted by Gasteiger charge is -2.07. The molecule has 0 spiro atoms. The van der Waals surface area contributed by atoms with E-state index in [1.807, 2.05) is 18.2 Å². The lowest BCUT2D eigenvalue weighted by molar-refractivity contribution is 0.626. The molecule has 0 aliphatic heterocycles. The van der Waals surface area contributed by atoms with E-state index in [1.54, 1.807) is 22.9 Å². The lowest BCUT2D eigenvalue weighted by Crippen LogP contribution is -2.03. The van der Waals surface area contributed by atoms with Gasteiger partial charge in [0.05, 0.1) is 11.6 Å². The number of pyridine rings is 1. The Morgan fingerprint density at radius 3 is 2.86 bits per heavy atom. The fourth-order valence-electron chi connectivity index (χ4n) is 1.98. The summed E-state index contributed by atoms with van der Waals surface area (Å²) in [4.78, 5) is 4.26. The van der Waals surface area contributed by atoms with Crippen LogP contribution in [0.1, 0.15) is 5.56 Å². The van der Waals surface area contributed by atoms with Gasteiger partial charge in [-0.15, -0.1) is 0 Å². The van der Waals surface area contributed by atoms with Gasteiger partial charge in [0.25, 0.3) is 0 Å². The van der Waals surface area contributed by atoms with Crippen LogP contribution in [-0.2, 0) is 6.54 Å². The van der Waals surface area contributed by atoms with E-state index in [1.165, 1.54) is 6.07 Å². The van der Waals surface area contributed by atoms with Gasteiger partial charge in [0.15, 0.2) is 10.6 Å². The van der Waals surface area contributed by atoms with Crippen LogP contribution in [0.15, 0.2) is 42.6 Å². The van der Waals surface area contributed by atoms with Crippen molar-refractivity contribution in [1.29, 1.82) is 0 Å². The van der Waals surface area contributed by atoms with Gasteiger partial charge >= 0.3 is 0 Å². The van der Waals surface area contributed by atoms with Crippen LogP contribution in [-0.4, -0.2) is 19.7 Å². The molecule has 0 saturated carbocycles. The Morgan fingerprint density at radius 1 is 1.29 bits per heavy atom. The first-order chi connectivity index (χ1) is 10.1. The van der Waals surface area contributed by atoms with E-state index >= 15 is 0 Å². The normalized spacial score (nSPS) is 10.8. The smallest absolute Gasteiger partial charge is 0.195 e. The molecule has 0 unspecified atom stereocenters. The van der Waals surface area contributed by atoms with E-state index in [0.29, 0.717) is 22.8 Å². The Kier molecular flexibility index (Phi) is 3.81. The Labute approximate surface area is 130 Å². The second kappa shape index (κ2) is 5.75. The van der Waals surface area contributed by atoms with E-state index < -0.39 is 5.82 Å². The number of nitrogens with zero attached hydrogens (tertiary/aromatic N) is 3. The first-order valence-electron chi connectivity index (χ1n) is 6.15. The van der Waals surface area contributed by atoms with Crippen molar-refractivity contribution in [1.82, 2.24) is 19.7 Å². The second-order valence-electron chi connectivity index (χ2n) is 4.40. The van der Waals surface area contributed by atoms with E-state index in [4.69, 9.17) is 23.8 Å². The first-order valence-corrected chi connectivity index (χ1v) is 6.94. The maximum atomic E-state index is 13.2. The quantitative estimate of drug-likeness (QED) is 0.746. The van der Waals surface area contributed by atoms with Crippen LogP contribution in [0.4, 0.5) is 4.39 Å². The van der Waals surface area contributed by atoms with E-state index in [-0.39, 0.29) is 5.02 Å². The summed E-state index contributed by atoms with van der Waals surface area (Å²) in [5.74, 6) is 0.183. The van der Waals surface area contributed by atoms with Gasteiger partial charge in [-0.3, -0.25) is 14.6 Å². The molecule has 0 atom stereocenters. The highest BCUT2D eigenvalue weighted by Gasteiger charge is 2.11. The fourth-order valence-corrected chi connectivity index (χ4v) is 2.38. The molecule has 0 saturated heterocycles. The van der Waals surface area contributed by atoms with E-state index in [0.717, 1.165) is 5.56 Å². The lowest BCUT2D eigenvalue weighted by atomic mass is 10.2. The number of halogens is 2. The summed E-state index contributed by atoms with van der Waals surface area (Å²) in [6, 6.07) is 10.1. The summed E-state index contributed by atoms with van der Waals surface area (Å²) in [6.45, 7) is 0.432. The molecule has 1 N–H and O–H groups in total. The van der Waals surface area contributed by atoms with Gasteiger partial charge in [-0.2, -0.15) is 5.10 Å². The molecule has 1 aromatic carbocycles. The minimum absolute atomic E-state index is 0.0851. The summed E-state index contributed by atoms with van der Waals surface area (Å²) < 4.78 is 15.5. The van der Waals surface area contributed by atoms with Crippen molar-refractivity contribution in [2.75, 3.05) is 0 Å². The minimum atomic E-state index is -0.443. The molecule has 4 nitrogen and oxygen atoms in total. The summed E-state index contributed by atoms with van der Waals surface area (Å²) in [5.41, 5.74) is 1.54. The molecule has 0 amide bonds. The second-order valence-corrected chi connectivity index (χ2v) is 5.20. The average molecular weight is 321 g/mol. The van der Waals surface area contributed by atoms with E-state index in [2.05, 4.69) is 15.2 Å². The predicted octanol–water partition coefficient (Wildman–Crippen LogP) is 3.84. The third-order valence-corrected chi connectivity index (χ3v) is 3.58. The highest BCUT2D eigenvalue weighted by molar-refractivity contribution is 7.71. The minimum Gasteiger partial charge on any atom is -0.294 e. The highest BCUT2D eigenvalue weighted by Crippen LogP contribution is 2.19. The summed E-state index contributed by atoms with van der Waals surface area (Å²) >= 11 is 11.0. The topological polar surface area (TPSA) is 46.5 Å². The summed E-state index contributed by atoms with van der Waals surface area (Å²) in [7, 11) is 0. The third kappa shape index (κ3) is 2.86. The number of benzene rings is 1. The number of hydrogen-bond donors (Lipinski definition) is 1. The first kappa shape index (κ1) is 13.9.